The van der Waals surface area contributed by atoms with Crippen molar-refractivity contribution < 1.29 is 14.7 Å². The summed E-state index contributed by atoms with van der Waals surface area (Å²) in [6.45, 7) is 3.21. The van der Waals surface area contributed by atoms with Crippen molar-refractivity contribution in [2.45, 2.75) is 13.8 Å². The molecule has 6 heteroatoms. The fraction of sp³-hybridized carbons (Fsp3) is 0.105. The van der Waals surface area contributed by atoms with E-state index in [1.165, 1.54) is 25.3 Å². The quantitative estimate of drug-likeness (QED) is 0.336. The number of benzene rings is 2. The Labute approximate surface area is 145 Å². The molecule has 1 amide bonds. The minimum absolute atomic E-state index is 0.0385. The molecule has 2 aromatic carbocycles. The van der Waals surface area contributed by atoms with Gasteiger partial charge in [-0.1, -0.05) is 0 Å². The second kappa shape index (κ2) is 7.79. The van der Waals surface area contributed by atoms with Gasteiger partial charge in [0.05, 0.1) is 0 Å². The fourth-order valence-corrected chi connectivity index (χ4v) is 2.08. The minimum atomic E-state index is -0.566. The maximum atomic E-state index is 12.2. The van der Waals surface area contributed by atoms with Gasteiger partial charge < -0.3 is 15.7 Å². The lowest BCUT2D eigenvalue weighted by Gasteiger charge is -2.08. The molecule has 0 saturated heterocycles. The number of carbonyl (C=O) groups is 2. The lowest BCUT2D eigenvalue weighted by atomic mass is 10.1. The highest BCUT2D eigenvalue weighted by Gasteiger charge is 2.11. The van der Waals surface area contributed by atoms with Crippen LogP contribution >= 0.6 is 0 Å². The van der Waals surface area contributed by atoms with E-state index in [1.54, 1.807) is 37.3 Å². The lowest BCUT2D eigenvalue weighted by Crippen LogP contribution is -2.15. The molecule has 0 bridgehead atoms. The van der Waals surface area contributed by atoms with Gasteiger partial charge >= 0.3 is 0 Å². The number of hydrogen-bond acceptors (Lipinski definition) is 5. The first-order chi connectivity index (χ1) is 11.9. The van der Waals surface area contributed by atoms with Crippen molar-refractivity contribution in [1.82, 2.24) is 0 Å². The van der Waals surface area contributed by atoms with E-state index in [-0.39, 0.29) is 17.1 Å². The third-order valence-corrected chi connectivity index (χ3v) is 3.50. The Hall–Kier alpha value is -3.59. The first kappa shape index (κ1) is 17.8. The molecule has 0 aliphatic carbocycles. The number of phenols is 1. The molecule has 0 radical (unpaired) electrons. The Morgan fingerprint density at radius 3 is 2.40 bits per heavy atom. The third-order valence-electron chi connectivity index (χ3n) is 3.50. The summed E-state index contributed by atoms with van der Waals surface area (Å²) in [6, 6.07) is 13.0. The summed E-state index contributed by atoms with van der Waals surface area (Å²) in [6.07, 6.45) is 1.30. The molecule has 0 aliphatic rings. The van der Waals surface area contributed by atoms with Crippen LogP contribution in [0.3, 0.4) is 0 Å². The molecule has 0 aromatic heterocycles. The fourth-order valence-electron chi connectivity index (χ4n) is 2.08. The van der Waals surface area contributed by atoms with Crippen molar-refractivity contribution in [3.05, 3.63) is 65.4 Å². The number of carbonyl (C=O) groups excluding carboxylic acids is 2. The van der Waals surface area contributed by atoms with Gasteiger partial charge in [0.1, 0.15) is 17.4 Å². The Balaban J connectivity index is 2.09. The van der Waals surface area contributed by atoms with Gasteiger partial charge in [-0.25, -0.2) is 0 Å². The van der Waals surface area contributed by atoms with Gasteiger partial charge in [0.15, 0.2) is 5.78 Å². The van der Waals surface area contributed by atoms with Gasteiger partial charge in [0.25, 0.3) is 5.91 Å². The van der Waals surface area contributed by atoms with Crippen LogP contribution in [0.2, 0.25) is 0 Å². The molecule has 2 aromatic rings. The van der Waals surface area contributed by atoms with Gasteiger partial charge in [-0.2, -0.15) is 5.26 Å². The number of hydrogen-bond donors (Lipinski definition) is 3. The normalized spacial score (nSPS) is 10.7. The van der Waals surface area contributed by atoms with E-state index in [0.29, 0.717) is 22.5 Å². The number of aryl methyl sites for hydroxylation is 1. The van der Waals surface area contributed by atoms with Crippen molar-refractivity contribution >= 4 is 23.1 Å². The summed E-state index contributed by atoms with van der Waals surface area (Å²) in [5.41, 5.74) is 2.30. The third kappa shape index (κ3) is 4.69. The SMILES string of the molecule is CC(=O)c1ccc(N/C=C(/C#N)C(=O)Nc2ccc(O)cc2C)cc1. The number of nitriles is 1. The van der Waals surface area contributed by atoms with E-state index in [4.69, 9.17) is 0 Å². The van der Waals surface area contributed by atoms with E-state index in [9.17, 15) is 20.0 Å². The summed E-state index contributed by atoms with van der Waals surface area (Å²) in [7, 11) is 0. The van der Waals surface area contributed by atoms with Gasteiger partial charge in [0, 0.05) is 23.1 Å². The Morgan fingerprint density at radius 2 is 1.84 bits per heavy atom. The highest BCUT2D eigenvalue weighted by Crippen LogP contribution is 2.20. The smallest absolute Gasteiger partial charge is 0.267 e. The number of nitrogens with one attached hydrogen (secondary N) is 2. The van der Waals surface area contributed by atoms with Gasteiger partial charge in [0.2, 0.25) is 0 Å². The lowest BCUT2D eigenvalue weighted by molar-refractivity contribution is -0.112. The molecule has 0 aliphatic heterocycles. The Morgan fingerprint density at radius 1 is 1.16 bits per heavy atom. The largest absolute Gasteiger partial charge is 0.508 e. The monoisotopic (exact) mass is 335 g/mol. The van der Waals surface area contributed by atoms with E-state index in [1.807, 2.05) is 6.07 Å². The zero-order chi connectivity index (χ0) is 18.4. The summed E-state index contributed by atoms with van der Waals surface area (Å²) in [5.74, 6) is -0.505. The van der Waals surface area contributed by atoms with Crippen LogP contribution in [0.25, 0.3) is 0 Å². The number of aromatic hydroxyl groups is 1. The topological polar surface area (TPSA) is 102 Å². The van der Waals surface area contributed by atoms with Crippen LogP contribution in [0.1, 0.15) is 22.8 Å². The average molecular weight is 335 g/mol. The number of ketones is 1. The molecule has 2 rings (SSSR count). The summed E-state index contributed by atoms with van der Waals surface area (Å²) < 4.78 is 0. The average Bonchev–Trinajstić information content (AvgIpc) is 2.58. The Bertz CT molecular complexity index is 878. The summed E-state index contributed by atoms with van der Waals surface area (Å²) >= 11 is 0. The van der Waals surface area contributed by atoms with E-state index < -0.39 is 5.91 Å². The van der Waals surface area contributed by atoms with Crippen molar-refractivity contribution in [2.75, 3.05) is 10.6 Å². The molecule has 25 heavy (non-hydrogen) atoms. The molecule has 0 atom stereocenters. The highest BCUT2D eigenvalue weighted by atomic mass is 16.3. The first-order valence-electron chi connectivity index (χ1n) is 7.49. The summed E-state index contributed by atoms with van der Waals surface area (Å²) in [5, 5.41) is 24.0. The standard InChI is InChI=1S/C19H17N3O3/c1-12-9-17(24)7-8-18(12)22-19(25)15(10-20)11-21-16-5-3-14(4-6-16)13(2)23/h3-9,11,21,24H,1-2H3,(H,22,25)/b15-11-. The zero-order valence-electron chi connectivity index (χ0n) is 13.8. The molecule has 0 spiro atoms. The van der Waals surface area contributed by atoms with E-state index in [0.717, 1.165) is 0 Å². The maximum Gasteiger partial charge on any atom is 0.267 e. The van der Waals surface area contributed by atoms with Gasteiger partial charge in [-0.3, -0.25) is 9.59 Å². The maximum absolute atomic E-state index is 12.2. The molecule has 0 fully saturated rings. The van der Waals surface area contributed by atoms with Crippen LogP contribution in [0.5, 0.6) is 5.75 Å². The second-order valence-corrected chi connectivity index (χ2v) is 5.40. The van der Waals surface area contributed by atoms with Crippen LogP contribution in [0.15, 0.2) is 54.2 Å². The van der Waals surface area contributed by atoms with Gasteiger partial charge in [-0.15, -0.1) is 0 Å². The van der Waals surface area contributed by atoms with Crippen LogP contribution in [-0.2, 0) is 4.79 Å². The second-order valence-electron chi connectivity index (χ2n) is 5.40. The number of nitrogens with zero attached hydrogens (tertiary/aromatic N) is 1. The number of amides is 1. The number of phenolic OH excluding ortho intramolecular Hbond substituents is 1. The van der Waals surface area contributed by atoms with Crippen molar-refractivity contribution in [3.8, 4) is 11.8 Å². The zero-order valence-corrected chi connectivity index (χ0v) is 13.8. The predicted octanol–water partition coefficient (Wildman–Crippen LogP) is 3.36. The number of Topliss-reactive ketones (excluding diaryl/α,β-unsaturated/α-hetero) is 1. The highest BCUT2D eigenvalue weighted by molar-refractivity contribution is 6.07. The van der Waals surface area contributed by atoms with Crippen molar-refractivity contribution in [1.29, 1.82) is 5.26 Å². The van der Waals surface area contributed by atoms with E-state index >= 15 is 0 Å². The molecule has 3 N–H and O–H groups in total. The molecule has 0 heterocycles. The molecule has 0 unspecified atom stereocenters. The molecule has 6 nitrogen and oxygen atoms in total. The van der Waals surface area contributed by atoms with E-state index in [2.05, 4.69) is 10.6 Å². The predicted molar refractivity (Wildman–Crippen MR) is 95.2 cm³/mol. The van der Waals surface area contributed by atoms with Crippen LogP contribution in [0, 0.1) is 18.3 Å². The first-order valence-corrected chi connectivity index (χ1v) is 7.49. The molecular weight excluding hydrogens is 318 g/mol. The number of anilines is 2. The molecular formula is C19H17N3O3. The number of rotatable bonds is 5. The van der Waals surface area contributed by atoms with Crippen molar-refractivity contribution in [2.24, 2.45) is 0 Å². The molecule has 126 valence electrons. The van der Waals surface area contributed by atoms with Crippen LogP contribution in [0.4, 0.5) is 11.4 Å². The Kier molecular flexibility index (Phi) is 5.54. The summed E-state index contributed by atoms with van der Waals surface area (Å²) in [4.78, 5) is 23.4. The van der Waals surface area contributed by atoms with Crippen LogP contribution < -0.4 is 10.6 Å². The minimum Gasteiger partial charge on any atom is -0.508 e. The van der Waals surface area contributed by atoms with Crippen molar-refractivity contribution in [3.63, 3.8) is 0 Å². The van der Waals surface area contributed by atoms with Crippen LogP contribution in [-0.4, -0.2) is 16.8 Å². The van der Waals surface area contributed by atoms with Gasteiger partial charge in [-0.05, 0) is 61.9 Å². The molecule has 0 saturated carbocycles.